The molecule has 2 heteroatoms. The predicted octanol–water partition coefficient (Wildman–Crippen LogP) is 2.19. The summed E-state index contributed by atoms with van der Waals surface area (Å²) in [7, 11) is 2.02. The number of carbonyl (C=O) groups excluding carboxylic acids is 1. The molecule has 0 aliphatic heterocycles. The third kappa shape index (κ3) is 6.76. The minimum absolute atomic E-state index is 0.168. The Morgan fingerprint density at radius 3 is 2.15 bits per heavy atom. The highest BCUT2D eigenvalue weighted by atomic mass is 16.1. The van der Waals surface area contributed by atoms with Gasteiger partial charge in [0.2, 0.25) is 0 Å². The van der Waals surface area contributed by atoms with Gasteiger partial charge in [-0.25, -0.2) is 0 Å². The van der Waals surface area contributed by atoms with Crippen LogP contribution in [0.2, 0.25) is 0 Å². The van der Waals surface area contributed by atoms with Crippen molar-refractivity contribution < 1.29 is 4.79 Å². The summed E-state index contributed by atoms with van der Waals surface area (Å²) in [5.74, 6) is 1.23. The molecule has 0 aromatic heterocycles. The fourth-order valence-corrected chi connectivity index (χ4v) is 1.01. The molecule has 0 fully saturated rings. The average Bonchev–Trinajstić information content (AvgIpc) is 2.00. The first kappa shape index (κ1) is 12.6. The molecule has 0 saturated heterocycles. The van der Waals surface area contributed by atoms with Crippen molar-refractivity contribution in [1.29, 1.82) is 0 Å². The Balaban J connectivity index is 3.62. The summed E-state index contributed by atoms with van der Waals surface area (Å²) in [6, 6.07) is 0. The minimum atomic E-state index is 0.168. The van der Waals surface area contributed by atoms with Gasteiger partial charge < -0.3 is 0 Å². The van der Waals surface area contributed by atoms with Gasteiger partial charge in [-0.1, -0.05) is 27.7 Å². The monoisotopic (exact) mass is 185 g/mol. The van der Waals surface area contributed by atoms with Crippen LogP contribution in [-0.4, -0.2) is 30.8 Å². The average molecular weight is 185 g/mol. The van der Waals surface area contributed by atoms with E-state index in [1.54, 1.807) is 0 Å². The van der Waals surface area contributed by atoms with E-state index in [1.807, 2.05) is 20.9 Å². The molecule has 0 saturated carbocycles. The van der Waals surface area contributed by atoms with E-state index < -0.39 is 0 Å². The van der Waals surface area contributed by atoms with Crippen LogP contribution in [0.3, 0.4) is 0 Å². The molecule has 2 nitrogen and oxygen atoms in total. The zero-order valence-electron chi connectivity index (χ0n) is 9.63. The second-order valence-electron chi connectivity index (χ2n) is 4.54. The standard InChI is InChI=1S/C11H23NO/c1-9(2)6-7-12(5)8-11(13)10(3)4/h9-10H,6-8H2,1-5H3. The van der Waals surface area contributed by atoms with E-state index >= 15 is 0 Å². The highest BCUT2D eigenvalue weighted by Gasteiger charge is 2.10. The van der Waals surface area contributed by atoms with Gasteiger partial charge in [-0.3, -0.25) is 9.69 Å². The van der Waals surface area contributed by atoms with Gasteiger partial charge in [-0.05, 0) is 25.9 Å². The Kier molecular flexibility index (Phi) is 5.97. The number of Topliss-reactive ketones (excluding diaryl/α,β-unsaturated/α-hetero) is 1. The highest BCUT2D eigenvalue weighted by Crippen LogP contribution is 2.02. The van der Waals surface area contributed by atoms with E-state index in [0.717, 1.165) is 12.5 Å². The van der Waals surface area contributed by atoms with Crippen molar-refractivity contribution in [2.24, 2.45) is 11.8 Å². The van der Waals surface area contributed by atoms with Crippen LogP contribution in [0.1, 0.15) is 34.1 Å². The van der Waals surface area contributed by atoms with E-state index in [-0.39, 0.29) is 5.92 Å². The maximum Gasteiger partial charge on any atom is 0.149 e. The Hall–Kier alpha value is -0.370. The van der Waals surface area contributed by atoms with Crippen LogP contribution in [-0.2, 0) is 4.79 Å². The summed E-state index contributed by atoms with van der Waals surface area (Å²) >= 11 is 0. The van der Waals surface area contributed by atoms with Crippen LogP contribution < -0.4 is 0 Å². The summed E-state index contributed by atoms with van der Waals surface area (Å²) in [4.78, 5) is 13.5. The van der Waals surface area contributed by atoms with Gasteiger partial charge in [0.05, 0.1) is 6.54 Å². The molecule has 0 amide bonds. The second kappa shape index (κ2) is 6.14. The molecule has 0 N–H and O–H groups in total. The lowest BCUT2D eigenvalue weighted by molar-refractivity contribution is -0.122. The summed E-state index contributed by atoms with van der Waals surface area (Å²) in [5, 5.41) is 0. The molecule has 0 aromatic carbocycles. The molecule has 0 unspecified atom stereocenters. The Morgan fingerprint density at radius 1 is 1.23 bits per heavy atom. The lowest BCUT2D eigenvalue weighted by Gasteiger charge is -2.17. The van der Waals surface area contributed by atoms with Crippen LogP contribution in [0.5, 0.6) is 0 Å². The largest absolute Gasteiger partial charge is 0.299 e. The molecule has 13 heavy (non-hydrogen) atoms. The van der Waals surface area contributed by atoms with Gasteiger partial charge in [-0.2, -0.15) is 0 Å². The Morgan fingerprint density at radius 2 is 1.77 bits per heavy atom. The predicted molar refractivity (Wildman–Crippen MR) is 56.8 cm³/mol. The third-order valence-electron chi connectivity index (χ3n) is 2.16. The first-order valence-corrected chi connectivity index (χ1v) is 5.14. The van der Waals surface area contributed by atoms with Crippen molar-refractivity contribution >= 4 is 5.78 Å². The Labute approximate surface area is 82.3 Å². The summed E-state index contributed by atoms with van der Waals surface area (Å²) in [6.07, 6.45) is 1.17. The molecule has 0 heterocycles. The maximum absolute atomic E-state index is 11.4. The quantitative estimate of drug-likeness (QED) is 0.632. The van der Waals surface area contributed by atoms with Crippen LogP contribution in [0.4, 0.5) is 0 Å². The number of hydrogen-bond acceptors (Lipinski definition) is 2. The van der Waals surface area contributed by atoms with Gasteiger partial charge in [0.15, 0.2) is 0 Å². The van der Waals surface area contributed by atoms with Gasteiger partial charge in [-0.15, -0.1) is 0 Å². The third-order valence-corrected chi connectivity index (χ3v) is 2.16. The number of carbonyl (C=O) groups is 1. The van der Waals surface area contributed by atoms with E-state index in [0.29, 0.717) is 12.3 Å². The summed E-state index contributed by atoms with van der Waals surface area (Å²) in [6.45, 7) is 9.95. The number of ketones is 1. The van der Waals surface area contributed by atoms with Crippen LogP contribution in [0.25, 0.3) is 0 Å². The number of rotatable bonds is 6. The number of hydrogen-bond donors (Lipinski definition) is 0. The molecule has 0 rings (SSSR count). The van der Waals surface area contributed by atoms with Crippen molar-refractivity contribution in [3.8, 4) is 0 Å². The molecule has 78 valence electrons. The van der Waals surface area contributed by atoms with Crippen molar-refractivity contribution in [2.75, 3.05) is 20.1 Å². The molecule has 0 bridgehead atoms. The topological polar surface area (TPSA) is 20.3 Å². The van der Waals surface area contributed by atoms with Gasteiger partial charge in [0.1, 0.15) is 5.78 Å². The lowest BCUT2D eigenvalue weighted by Crippen LogP contribution is -2.29. The van der Waals surface area contributed by atoms with E-state index in [2.05, 4.69) is 18.7 Å². The first-order chi connectivity index (χ1) is 5.93. The number of likely N-dealkylation sites (N-methyl/N-ethyl adjacent to an activating group) is 1. The van der Waals surface area contributed by atoms with Crippen molar-refractivity contribution in [1.82, 2.24) is 4.90 Å². The van der Waals surface area contributed by atoms with Crippen molar-refractivity contribution in [3.63, 3.8) is 0 Å². The minimum Gasteiger partial charge on any atom is -0.299 e. The first-order valence-electron chi connectivity index (χ1n) is 5.14. The lowest BCUT2D eigenvalue weighted by atomic mass is 10.1. The Bertz CT molecular complexity index is 152. The molecule has 0 atom stereocenters. The highest BCUT2D eigenvalue weighted by molar-refractivity contribution is 5.82. The zero-order chi connectivity index (χ0) is 10.4. The van der Waals surface area contributed by atoms with Crippen molar-refractivity contribution in [2.45, 2.75) is 34.1 Å². The van der Waals surface area contributed by atoms with E-state index in [1.165, 1.54) is 6.42 Å². The number of nitrogens with zero attached hydrogens (tertiary/aromatic N) is 1. The smallest absolute Gasteiger partial charge is 0.149 e. The van der Waals surface area contributed by atoms with Crippen molar-refractivity contribution in [3.05, 3.63) is 0 Å². The SMILES string of the molecule is CC(C)CCN(C)CC(=O)C(C)C. The maximum atomic E-state index is 11.4. The molecular weight excluding hydrogens is 162 g/mol. The van der Waals surface area contributed by atoms with Crippen LogP contribution >= 0.6 is 0 Å². The van der Waals surface area contributed by atoms with Gasteiger partial charge >= 0.3 is 0 Å². The van der Waals surface area contributed by atoms with Gasteiger partial charge in [0.25, 0.3) is 0 Å². The molecule has 0 aromatic rings. The van der Waals surface area contributed by atoms with Crippen LogP contribution in [0.15, 0.2) is 0 Å². The normalized spacial score (nSPS) is 11.7. The molecule has 0 radical (unpaired) electrons. The fourth-order valence-electron chi connectivity index (χ4n) is 1.01. The summed E-state index contributed by atoms with van der Waals surface area (Å²) < 4.78 is 0. The van der Waals surface area contributed by atoms with Crippen LogP contribution in [0, 0.1) is 11.8 Å². The second-order valence-corrected chi connectivity index (χ2v) is 4.54. The van der Waals surface area contributed by atoms with E-state index in [4.69, 9.17) is 0 Å². The zero-order valence-corrected chi connectivity index (χ0v) is 9.63. The van der Waals surface area contributed by atoms with Gasteiger partial charge in [0, 0.05) is 5.92 Å². The van der Waals surface area contributed by atoms with E-state index in [9.17, 15) is 4.79 Å². The molecule has 0 aliphatic rings. The molecule has 0 aliphatic carbocycles. The fraction of sp³-hybridized carbons (Fsp3) is 0.909. The molecule has 0 spiro atoms. The molecular formula is C11H23NO. The summed E-state index contributed by atoms with van der Waals surface area (Å²) in [5.41, 5.74) is 0.